The van der Waals surface area contributed by atoms with Crippen molar-refractivity contribution in [3.8, 4) is 11.1 Å². The molecule has 0 saturated heterocycles. The molecule has 1 saturated carbocycles. The first-order valence-electron chi connectivity index (χ1n) is 17.4. The van der Waals surface area contributed by atoms with Gasteiger partial charge >= 0.3 is 0 Å². The molecule has 1 fully saturated rings. The molecular formula is C39H56N2O. The van der Waals surface area contributed by atoms with Gasteiger partial charge in [-0.05, 0) is 95.5 Å². The van der Waals surface area contributed by atoms with E-state index in [4.69, 9.17) is 4.99 Å². The van der Waals surface area contributed by atoms with E-state index in [-0.39, 0.29) is 0 Å². The summed E-state index contributed by atoms with van der Waals surface area (Å²) in [6.07, 6.45) is 23.1. The Kier molecular flexibility index (Phi) is 11.0. The lowest BCUT2D eigenvalue weighted by Gasteiger charge is -2.33. The minimum Gasteiger partial charge on any atom is -0.396 e. The summed E-state index contributed by atoms with van der Waals surface area (Å²) in [7, 11) is 0. The van der Waals surface area contributed by atoms with Crippen LogP contribution < -0.4 is 5.32 Å². The molecular weight excluding hydrogens is 512 g/mol. The molecule has 2 heterocycles. The molecule has 0 aromatic heterocycles. The molecule has 3 nitrogen and oxygen atoms in total. The summed E-state index contributed by atoms with van der Waals surface area (Å²) in [5, 5.41) is 13.0. The molecule has 42 heavy (non-hydrogen) atoms. The van der Waals surface area contributed by atoms with Crippen LogP contribution in [0.3, 0.4) is 0 Å². The van der Waals surface area contributed by atoms with Crippen molar-refractivity contribution < 1.29 is 5.11 Å². The number of fused-ring (bicyclic) bond motifs is 2. The van der Waals surface area contributed by atoms with E-state index < -0.39 is 0 Å². The lowest BCUT2D eigenvalue weighted by atomic mass is 9.73. The molecule has 5 unspecified atom stereocenters. The van der Waals surface area contributed by atoms with Crippen molar-refractivity contribution in [2.24, 2.45) is 28.7 Å². The number of benzene rings is 2. The summed E-state index contributed by atoms with van der Waals surface area (Å²) >= 11 is 0. The van der Waals surface area contributed by atoms with Gasteiger partial charge in [0.2, 0.25) is 0 Å². The van der Waals surface area contributed by atoms with E-state index in [1.54, 1.807) is 0 Å². The molecule has 1 aliphatic carbocycles. The van der Waals surface area contributed by atoms with Crippen LogP contribution in [0, 0.1) is 23.7 Å². The molecule has 3 heteroatoms. The van der Waals surface area contributed by atoms with Crippen LogP contribution in [0.25, 0.3) is 11.1 Å². The second-order valence-corrected chi connectivity index (χ2v) is 13.8. The Morgan fingerprint density at radius 3 is 2.55 bits per heavy atom. The Balaban J connectivity index is 1.36. The number of aliphatic hydroxyl groups excluding tert-OH is 1. The van der Waals surface area contributed by atoms with Gasteiger partial charge in [0.15, 0.2) is 0 Å². The molecule has 0 spiro atoms. The van der Waals surface area contributed by atoms with Gasteiger partial charge in [0.25, 0.3) is 0 Å². The highest BCUT2D eigenvalue weighted by Crippen LogP contribution is 2.44. The molecule has 2 aromatic rings. The average Bonchev–Trinajstić information content (AvgIpc) is 3.04. The van der Waals surface area contributed by atoms with Gasteiger partial charge in [0.05, 0.1) is 5.69 Å². The molecule has 5 rings (SSSR count). The maximum Gasteiger partial charge on any atom is 0.0664 e. The number of anilines is 1. The molecule has 0 amide bonds. The number of hydrogen-bond acceptors (Lipinski definition) is 3. The Labute approximate surface area is 256 Å². The van der Waals surface area contributed by atoms with Gasteiger partial charge in [0, 0.05) is 30.3 Å². The lowest BCUT2D eigenvalue weighted by molar-refractivity contribution is 0.228. The molecule has 5 atom stereocenters. The van der Waals surface area contributed by atoms with Crippen molar-refractivity contribution in [3.63, 3.8) is 0 Å². The first-order chi connectivity index (χ1) is 20.5. The fourth-order valence-corrected chi connectivity index (χ4v) is 8.03. The largest absolute Gasteiger partial charge is 0.396 e. The minimum atomic E-state index is 0.321. The SMILES string of the molecule is CCC(CCO)CCCCC(C)c1cc2c(c(-c3ccc4c(c3)N=CC(C(C)C3CCCCC3)C4)c1)C(CC)C=CN2. The molecule has 2 N–H and O–H groups in total. The molecule has 0 radical (unpaired) electrons. The van der Waals surface area contributed by atoms with Crippen LogP contribution in [0.15, 0.2) is 47.6 Å². The summed E-state index contributed by atoms with van der Waals surface area (Å²) in [5.74, 6) is 3.76. The maximum absolute atomic E-state index is 9.34. The topological polar surface area (TPSA) is 44.6 Å². The van der Waals surface area contributed by atoms with Crippen molar-refractivity contribution >= 4 is 17.6 Å². The van der Waals surface area contributed by atoms with Gasteiger partial charge < -0.3 is 10.4 Å². The zero-order valence-corrected chi connectivity index (χ0v) is 26.9. The molecule has 0 bridgehead atoms. The Morgan fingerprint density at radius 2 is 1.79 bits per heavy atom. The van der Waals surface area contributed by atoms with E-state index in [9.17, 15) is 5.11 Å². The predicted molar refractivity (Wildman–Crippen MR) is 181 cm³/mol. The van der Waals surface area contributed by atoms with Crippen LogP contribution >= 0.6 is 0 Å². The number of aliphatic hydroxyl groups is 1. The normalized spacial score (nSPS) is 22.2. The van der Waals surface area contributed by atoms with Crippen LogP contribution in [0.4, 0.5) is 11.4 Å². The van der Waals surface area contributed by atoms with Crippen molar-refractivity contribution in [1.29, 1.82) is 0 Å². The maximum atomic E-state index is 9.34. The van der Waals surface area contributed by atoms with E-state index in [1.165, 1.54) is 103 Å². The van der Waals surface area contributed by atoms with Crippen LogP contribution in [0.5, 0.6) is 0 Å². The quantitative estimate of drug-likeness (QED) is 0.236. The third-order valence-corrected chi connectivity index (χ3v) is 11.1. The summed E-state index contributed by atoms with van der Waals surface area (Å²) in [5.41, 5.74) is 9.43. The Hall–Kier alpha value is -2.39. The van der Waals surface area contributed by atoms with Gasteiger partial charge in [-0.1, -0.05) is 110 Å². The summed E-state index contributed by atoms with van der Waals surface area (Å²) in [4.78, 5) is 5.10. The smallest absolute Gasteiger partial charge is 0.0664 e. The summed E-state index contributed by atoms with van der Waals surface area (Å²) in [6, 6.07) is 12.0. The number of aliphatic imine (C=N–C) groups is 1. The van der Waals surface area contributed by atoms with Crippen LogP contribution in [0.2, 0.25) is 0 Å². The molecule has 2 aromatic carbocycles. The van der Waals surface area contributed by atoms with Crippen molar-refractivity contribution in [2.75, 3.05) is 11.9 Å². The molecule has 2 aliphatic heterocycles. The van der Waals surface area contributed by atoms with Crippen molar-refractivity contribution in [2.45, 2.75) is 123 Å². The number of hydrogen-bond donors (Lipinski definition) is 2. The van der Waals surface area contributed by atoms with Gasteiger partial charge in [-0.2, -0.15) is 0 Å². The van der Waals surface area contributed by atoms with E-state index >= 15 is 0 Å². The van der Waals surface area contributed by atoms with E-state index in [1.807, 2.05) is 0 Å². The number of rotatable bonds is 13. The van der Waals surface area contributed by atoms with E-state index in [0.29, 0.717) is 30.3 Å². The third kappa shape index (κ3) is 7.21. The highest BCUT2D eigenvalue weighted by Gasteiger charge is 2.29. The Bertz CT molecular complexity index is 1220. The van der Waals surface area contributed by atoms with Gasteiger partial charge in [0.1, 0.15) is 0 Å². The number of nitrogens with zero attached hydrogens (tertiary/aromatic N) is 1. The highest BCUT2D eigenvalue weighted by molar-refractivity contribution is 5.82. The zero-order chi connectivity index (χ0) is 29.5. The first-order valence-corrected chi connectivity index (χ1v) is 17.4. The summed E-state index contributed by atoms with van der Waals surface area (Å²) < 4.78 is 0. The van der Waals surface area contributed by atoms with Crippen molar-refractivity contribution in [1.82, 2.24) is 0 Å². The fraction of sp³-hybridized carbons (Fsp3) is 0.615. The van der Waals surface area contributed by atoms with Crippen LogP contribution in [0.1, 0.15) is 133 Å². The van der Waals surface area contributed by atoms with Crippen LogP contribution in [-0.4, -0.2) is 17.9 Å². The standard InChI is InChI=1S/C39H56N2O/c1-5-29(19-21-42)13-11-10-12-27(3)34-23-36(39-30(6-2)18-20-40-38(39)25-34)32-16-17-33-22-35(26-41-37(33)24-32)28(4)31-14-8-7-9-15-31/h16-18,20,23-31,35,40,42H,5-15,19,21-22H2,1-4H3. The number of nitrogens with one attached hydrogen (secondary N) is 1. The first kappa shape index (κ1) is 31.0. The van der Waals surface area contributed by atoms with Gasteiger partial charge in [-0.3, -0.25) is 4.99 Å². The number of allylic oxidation sites excluding steroid dienone is 1. The third-order valence-electron chi connectivity index (χ3n) is 11.1. The Morgan fingerprint density at radius 1 is 0.976 bits per heavy atom. The fourth-order valence-electron chi connectivity index (χ4n) is 8.03. The second-order valence-electron chi connectivity index (χ2n) is 13.8. The minimum absolute atomic E-state index is 0.321. The highest BCUT2D eigenvalue weighted by atomic mass is 16.3. The molecule has 3 aliphatic rings. The molecule has 228 valence electrons. The monoisotopic (exact) mass is 568 g/mol. The van der Waals surface area contributed by atoms with Gasteiger partial charge in [-0.25, -0.2) is 0 Å². The van der Waals surface area contributed by atoms with Crippen LogP contribution in [-0.2, 0) is 6.42 Å². The average molecular weight is 569 g/mol. The lowest BCUT2D eigenvalue weighted by Crippen LogP contribution is -2.26. The predicted octanol–water partition coefficient (Wildman–Crippen LogP) is 10.9. The van der Waals surface area contributed by atoms with Crippen molar-refractivity contribution in [3.05, 3.63) is 59.3 Å². The van der Waals surface area contributed by atoms with E-state index in [2.05, 4.69) is 81.8 Å². The second kappa shape index (κ2) is 14.9. The summed E-state index contributed by atoms with van der Waals surface area (Å²) in [6.45, 7) is 9.76. The number of unbranched alkanes of at least 4 members (excludes halogenated alkanes) is 1. The van der Waals surface area contributed by atoms with Gasteiger partial charge in [-0.15, -0.1) is 0 Å². The zero-order valence-electron chi connectivity index (χ0n) is 26.9. The van der Waals surface area contributed by atoms with E-state index in [0.717, 1.165) is 31.1 Å².